The quantitative estimate of drug-likeness (QED) is 0.882. The summed E-state index contributed by atoms with van der Waals surface area (Å²) in [6.45, 7) is 4.00. The van der Waals surface area contributed by atoms with Crippen LogP contribution >= 0.6 is 0 Å². The zero-order valence-electron chi connectivity index (χ0n) is 10.5. The van der Waals surface area contributed by atoms with E-state index in [-0.39, 0.29) is 6.99 Å². The number of primary amides is 1. The molecule has 1 amide bonds. The number of carbonyl (C=O) groups is 1. The number of nitrogens with zero attached hydrogens (tertiary/aromatic N) is 1. The number of hydrogen-bond acceptors (Lipinski definition) is 2. The Labute approximate surface area is 107 Å². The Balaban J connectivity index is 0.00000103. The fourth-order valence-corrected chi connectivity index (χ4v) is 1.47. The summed E-state index contributed by atoms with van der Waals surface area (Å²) in [6, 6.07) is 12.1. The Morgan fingerprint density at radius 2 is 1.72 bits per heavy atom. The fraction of sp³-hybridized carbons (Fsp3) is 0.143. The second-order valence-corrected chi connectivity index (χ2v) is 3.30. The predicted molar refractivity (Wildman–Crippen MR) is 74.0 cm³/mol. The molecule has 18 heavy (non-hydrogen) atoms. The van der Waals surface area contributed by atoms with E-state index in [0.29, 0.717) is 5.69 Å². The summed E-state index contributed by atoms with van der Waals surface area (Å²) in [7, 11) is 0. The highest BCUT2D eigenvalue weighted by molar-refractivity contribution is 5.92. The summed E-state index contributed by atoms with van der Waals surface area (Å²) in [4.78, 5) is 22.9. The molecule has 2 rings (SSSR count). The zero-order chi connectivity index (χ0) is 13.5. The third-order valence-corrected chi connectivity index (χ3v) is 2.25. The van der Waals surface area contributed by atoms with Gasteiger partial charge in [-0.1, -0.05) is 32.0 Å². The normalized spacial score (nSPS) is 9.22. The largest absolute Gasteiger partial charge is 0.365 e. The topological polar surface area (TPSA) is 65.1 Å². The minimum Gasteiger partial charge on any atom is -0.365 e. The van der Waals surface area contributed by atoms with E-state index in [1.54, 1.807) is 24.4 Å². The molecule has 1 heterocycles. The van der Waals surface area contributed by atoms with Gasteiger partial charge in [0.2, 0.25) is 0 Å². The van der Waals surface area contributed by atoms with Gasteiger partial charge in [0.25, 0.3) is 11.5 Å². The van der Waals surface area contributed by atoms with E-state index >= 15 is 0 Å². The maximum absolute atomic E-state index is 11.9. The van der Waals surface area contributed by atoms with Gasteiger partial charge in [0.05, 0.1) is 0 Å². The number of hydrogen-bond donors (Lipinski definition) is 1. The monoisotopic (exact) mass is 246 g/mol. The van der Waals surface area contributed by atoms with E-state index in [1.807, 2.05) is 32.0 Å². The third-order valence-electron chi connectivity index (χ3n) is 2.25. The molecule has 4 nitrogen and oxygen atoms in total. The molecule has 0 aliphatic carbocycles. The van der Waals surface area contributed by atoms with E-state index in [1.165, 1.54) is 10.6 Å². The molecule has 0 bridgehead atoms. The number of carbonyl (C=O) groups excluding carboxylic acids is 1. The lowest BCUT2D eigenvalue weighted by Gasteiger charge is -2.05. The average molecular weight is 246 g/mol. The zero-order valence-corrected chi connectivity index (χ0v) is 10.5. The lowest BCUT2D eigenvalue weighted by atomic mass is 10.2. The molecule has 0 aliphatic rings. The van der Waals surface area contributed by atoms with Crippen molar-refractivity contribution in [1.29, 1.82) is 0 Å². The van der Waals surface area contributed by atoms with Crippen molar-refractivity contribution in [2.45, 2.75) is 13.8 Å². The molecule has 2 aromatic rings. The minimum atomic E-state index is -0.713. The van der Waals surface area contributed by atoms with Crippen LogP contribution in [-0.2, 0) is 0 Å². The van der Waals surface area contributed by atoms with E-state index in [0.717, 1.165) is 0 Å². The first-order chi connectivity index (χ1) is 8.70. The molecule has 0 saturated heterocycles. The van der Waals surface area contributed by atoms with Gasteiger partial charge < -0.3 is 5.73 Å². The van der Waals surface area contributed by atoms with Crippen molar-refractivity contribution in [3.63, 3.8) is 0 Å². The molecule has 0 atom stereocenters. The van der Waals surface area contributed by atoms with Crippen LogP contribution in [-0.4, -0.2) is 10.5 Å². The summed E-state index contributed by atoms with van der Waals surface area (Å²) in [6.07, 6.45) is 1.60. The number of para-hydroxylation sites is 1. The van der Waals surface area contributed by atoms with Crippen LogP contribution < -0.4 is 11.3 Å². The third kappa shape index (κ3) is 2.85. The van der Waals surface area contributed by atoms with Gasteiger partial charge in [0.15, 0.2) is 0 Å². The summed E-state index contributed by atoms with van der Waals surface area (Å²) >= 11 is 0. The lowest BCUT2D eigenvalue weighted by Crippen LogP contribution is -2.28. The first-order valence-electron chi connectivity index (χ1n) is 5.77. The van der Waals surface area contributed by atoms with Gasteiger partial charge in [0.1, 0.15) is 5.56 Å². The molecule has 0 saturated carbocycles. The van der Waals surface area contributed by atoms with E-state index in [9.17, 15) is 9.59 Å². The highest BCUT2D eigenvalue weighted by atomic mass is 16.2. The van der Waals surface area contributed by atoms with Crippen LogP contribution in [0.2, 0.25) is 0 Å². The maximum atomic E-state index is 11.9. The second-order valence-electron chi connectivity index (χ2n) is 3.30. The van der Waals surface area contributed by atoms with E-state index in [4.69, 9.17) is 5.73 Å². The van der Waals surface area contributed by atoms with Crippen LogP contribution in [0.4, 0.5) is 0 Å². The number of aromatic nitrogens is 1. The Morgan fingerprint density at radius 3 is 2.28 bits per heavy atom. The van der Waals surface area contributed by atoms with Crippen LogP contribution in [0.25, 0.3) is 5.69 Å². The van der Waals surface area contributed by atoms with E-state index < -0.39 is 11.5 Å². The van der Waals surface area contributed by atoms with Crippen molar-refractivity contribution in [3.05, 3.63) is 64.6 Å². The van der Waals surface area contributed by atoms with Crippen LogP contribution in [0.15, 0.2) is 53.5 Å². The number of rotatable bonds is 2. The van der Waals surface area contributed by atoms with Gasteiger partial charge in [-0.25, -0.2) is 0 Å². The molecule has 0 aliphatic heterocycles. The average Bonchev–Trinajstić information content (AvgIpc) is 2.42. The van der Waals surface area contributed by atoms with Crippen LogP contribution in [0.5, 0.6) is 0 Å². The predicted octanol–water partition coefficient (Wildman–Crippen LogP) is 2.21. The molecule has 1 aromatic heterocycles. The van der Waals surface area contributed by atoms with Gasteiger partial charge in [-0.15, -0.1) is 0 Å². The van der Waals surface area contributed by atoms with Gasteiger partial charge in [0, 0.05) is 13.3 Å². The van der Waals surface area contributed by atoms with Crippen molar-refractivity contribution < 1.29 is 6.22 Å². The maximum Gasteiger partial charge on any atom is 0.267 e. The standard InChI is InChI=1S/C12H10N2O2.C2H6.H2/c13-11(15)10-7-4-8-14(12(10)16)9-5-2-1-3-6-9;1-2;/h1-8H,(H2,13,15);1-2H3;1H. The molecule has 4 heteroatoms. The fourth-order valence-electron chi connectivity index (χ4n) is 1.47. The summed E-state index contributed by atoms with van der Waals surface area (Å²) in [5.41, 5.74) is 5.40. The molecule has 2 N–H and O–H groups in total. The lowest BCUT2D eigenvalue weighted by molar-refractivity contribution is 0.0998. The van der Waals surface area contributed by atoms with Gasteiger partial charge in [-0.3, -0.25) is 14.2 Å². The Morgan fingerprint density at radius 1 is 1.11 bits per heavy atom. The first kappa shape index (κ1) is 13.7. The van der Waals surface area contributed by atoms with Gasteiger partial charge in [-0.05, 0) is 24.3 Å². The van der Waals surface area contributed by atoms with Crippen molar-refractivity contribution in [2.75, 3.05) is 0 Å². The summed E-state index contributed by atoms with van der Waals surface area (Å²) in [5, 5.41) is 0. The number of nitrogens with two attached hydrogens (primary N) is 1. The number of pyridine rings is 1. The van der Waals surface area contributed by atoms with Gasteiger partial charge >= 0.3 is 0 Å². The number of benzene rings is 1. The van der Waals surface area contributed by atoms with Crippen LogP contribution in [0, 0.1) is 0 Å². The Kier molecular flexibility index (Phi) is 4.87. The highest BCUT2D eigenvalue weighted by Crippen LogP contribution is 2.03. The molecule has 96 valence electrons. The molecule has 0 fully saturated rings. The molecule has 1 aromatic carbocycles. The number of amides is 1. The highest BCUT2D eigenvalue weighted by Gasteiger charge is 2.08. The summed E-state index contributed by atoms with van der Waals surface area (Å²) in [5.74, 6) is -0.713. The van der Waals surface area contributed by atoms with Crippen LogP contribution in [0.1, 0.15) is 25.6 Å². The Hall–Kier alpha value is -2.36. The van der Waals surface area contributed by atoms with Crippen molar-refractivity contribution in [3.8, 4) is 5.69 Å². The minimum absolute atomic E-state index is 0. The molecule has 0 unspecified atom stereocenters. The SMILES string of the molecule is CC.NC(=O)c1cccn(-c2ccccc2)c1=O.[HH]. The Bertz CT molecular complexity index is 579. The van der Waals surface area contributed by atoms with Crippen molar-refractivity contribution in [1.82, 2.24) is 4.57 Å². The van der Waals surface area contributed by atoms with Crippen LogP contribution in [0.3, 0.4) is 0 Å². The first-order valence-corrected chi connectivity index (χ1v) is 5.77. The molecular formula is C14H18N2O2. The van der Waals surface area contributed by atoms with Crippen molar-refractivity contribution >= 4 is 5.91 Å². The van der Waals surface area contributed by atoms with Crippen molar-refractivity contribution in [2.24, 2.45) is 5.73 Å². The molecular weight excluding hydrogens is 228 g/mol. The van der Waals surface area contributed by atoms with Gasteiger partial charge in [-0.2, -0.15) is 0 Å². The smallest absolute Gasteiger partial charge is 0.267 e. The molecule has 0 radical (unpaired) electrons. The second kappa shape index (κ2) is 6.39. The van der Waals surface area contributed by atoms with E-state index in [2.05, 4.69) is 0 Å². The molecule has 0 spiro atoms. The summed E-state index contributed by atoms with van der Waals surface area (Å²) < 4.78 is 1.39.